The van der Waals surface area contributed by atoms with Gasteiger partial charge in [-0.25, -0.2) is 4.98 Å². The molecule has 150 valence electrons. The van der Waals surface area contributed by atoms with Gasteiger partial charge >= 0.3 is 0 Å². The summed E-state index contributed by atoms with van der Waals surface area (Å²) < 4.78 is 6.38. The van der Waals surface area contributed by atoms with E-state index in [1.54, 1.807) is 22.1 Å². The van der Waals surface area contributed by atoms with Crippen molar-refractivity contribution in [2.45, 2.75) is 13.0 Å². The Bertz CT molecular complexity index is 1150. The fourth-order valence-corrected chi connectivity index (χ4v) is 4.72. The predicted octanol–water partition coefficient (Wildman–Crippen LogP) is 4.60. The topological polar surface area (TPSA) is 66.7 Å². The summed E-state index contributed by atoms with van der Waals surface area (Å²) in [6.45, 7) is 0.745. The lowest BCUT2D eigenvalue weighted by Gasteiger charge is -2.23. The molecule has 1 atom stereocenters. The number of likely N-dealkylation sites (tertiary alicyclic amines) is 1. The van der Waals surface area contributed by atoms with E-state index in [9.17, 15) is 9.59 Å². The van der Waals surface area contributed by atoms with Crippen molar-refractivity contribution in [2.24, 2.45) is 5.92 Å². The molecule has 2 aromatic heterocycles. The second-order valence-electron chi connectivity index (χ2n) is 7.23. The molecule has 1 aliphatic rings. The fourth-order valence-electron chi connectivity index (χ4n) is 3.73. The van der Waals surface area contributed by atoms with Crippen molar-refractivity contribution in [2.75, 3.05) is 11.4 Å². The number of hydrogen-bond donors (Lipinski definition) is 0. The van der Waals surface area contributed by atoms with Crippen molar-refractivity contribution >= 4 is 44.2 Å². The zero-order valence-corrected chi connectivity index (χ0v) is 16.9. The molecule has 1 saturated heterocycles. The van der Waals surface area contributed by atoms with Gasteiger partial charge < -0.3 is 9.32 Å². The number of hydrogen-bond acceptors (Lipinski definition) is 5. The second kappa shape index (κ2) is 7.76. The first kappa shape index (κ1) is 18.6. The number of carbonyl (C=O) groups excluding carboxylic acids is 2. The number of rotatable bonds is 5. The monoisotopic (exact) mass is 417 g/mol. The van der Waals surface area contributed by atoms with Crippen molar-refractivity contribution < 1.29 is 14.0 Å². The Morgan fingerprint density at radius 2 is 1.90 bits per heavy atom. The van der Waals surface area contributed by atoms with E-state index in [0.717, 1.165) is 15.9 Å². The maximum Gasteiger partial charge on any atom is 0.238 e. The summed E-state index contributed by atoms with van der Waals surface area (Å²) in [5, 5.41) is 0.615. The minimum Gasteiger partial charge on any atom is -0.467 e. The van der Waals surface area contributed by atoms with Crippen LogP contribution in [0.2, 0.25) is 0 Å². The number of thiazole rings is 1. The third-order valence-corrected chi connectivity index (χ3v) is 6.22. The van der Waals surface area contributed by atoms with Gasteiger partial charge in [0.2, 0.25) is 11.8 Å². The number of benzene rings is 2. The minimum absolute atomic E-state index is 0.0398. The van der Waals surface area contributed by atoms with E-state index < -0.39 is 5.92 Å². The first-order chi connectivity index (χ1) is 14.7. The fraction of sp³-hybridized carbons (Fsp3) is 0.174. The SMILES string of the molecule is O=C1C[C@H](C(=O)N(c2ccccc2)c2nc3ccccc3s2)CN1Cc1ccco1. The number of furan rings is 1. The maximum absolute atomic E-state index is 13.6. The van der Waals surface area contributed by atoms with E-state index in [2.05, 4.69) is 0 Å². The molecule has 4 aromatic rings. The molecule has 0 spiro atoms. The number of fused-ring (bicyclic) bond motifs is 1. The Hall–Kier alpha value is -3.45. The summed E-state index contributed by atoms with van der Waals surface area (Å²) in [7, 11) is 0. The summed E-state index contributed by atoms with van der Waals surface area (Å²) in [5.74, 6) is 0.125. The highest BCUT2D eigenvalue weighted by molar-refractivity contribution is 7.22. The molecule has 1 aliphatic heterocycles. The number of nitrogens with zero attached hydrogens (tertiary/aromatic N) is 3. The molecule has 0 radical (unpaired) electrons. The lowest BCUT2D eigenvalue weighted by molar-refractivity contribution is -0.129. The van der Waals surface area contributed by atoms with E-state index >= 15 is 0 Å². The number of anilines is 2. The normalized spacial score (nSPS) is 16.3. The predicted molar refractivity (Wildman–Crippen MR) is 115 cm³/mol. The summed E-state index contributed by atoms with van der Waals surface area (Å²) in [6, 6.07) is 20.9. The Morgan fingerprint density at radius 3 is 2.67 bits per heavy atom. The highest BCUT2D eigenvalue weighted by Gasteiger charge is 2.38. The van der Waals surface area contributed by atoms with Crippen molar-refractivity contribution in [1.82, 2.24) is 9.88 Å². The molecule has 30 heavy (non-hydrogen) atoms. The van der Waals surface area contributed by atoms with Crippen LogP contribution in [0.15, 0.2) is 77.4 Å². The van der Waals surface area contributed by atoms with Gasteiger partial charge in [-0.2, -0.15) is 0 Å². The molecule has 2 aromatic carbocycles. The quantitative estimate of drug-likeness (QED) is 0.476. The van der Waals surface area contributed by atoms with Crippen molar-refractivity contribution in [3.63, 3.8) is 0 Å². The Labute approximate surface area is 177 Å². The smallest absolute Gasteiger partial charge is 0.238 e. The minimum atomic E-state index is -0.431. The number of para-hydroxylation sites is 2. The first-order valence-corrected chi connectivity index (χ1v) is 10.6. The molecular formula is C23H19N3O3S. The van der Waals surface area contributed by atoms with Gasteiger partial charge in [-0.05, 0) is 36.4 Å². The Morgan fingerprint density at radius 1 is 1.10 bits per heavy atom. The van der Waals surface area contributed by atoms with Crippen LogP contribution in [0.25, 0.3) is 10.2 Å². The molecule has 1 fully saturated rings. The number of carbonyl (C=O) groups is 2. The Kier molecular flexibility index (Phi) is 4.80. The van der Waals surface area contributed by atoms with Gasteiger partial charge in [0.05, 0.1) is 34.6 Å². The van der Waals surface area contributed by atoms with Gasteiger partial charge in [-0.3, -0.25) is 14.5 Å². The summed E-state index contributed by atoms with van der Waals surface area (Å²) in [6.07, 6.45) is 1.77. The number of aromatic nitrogens is 1. The molecule has 0 unspecified atom stereocenters. The van der Waals surface area contributed by atoms with Gasteiger partial charge in [0.25, 0.3) is 0 Å². The molecule has 0 bridgehead atoms. The van der Waals surface area contributed by atoms with Gasteiger partial charge in [-0.15, -0.1) is 0 Å². The highest BCUT2D eigenvalue weighted by atomic mass is 32.1. The molecule has 3 heterocycles. The summed E-state index contributed by atoms with van der Waals surface area (Å²) in [5.41, 5.74) is 1.60. The van der Waals surface area contributed by atoms with Crippen LogP contribution < -0.4 is 4.90 Å². The van der Waals surface area contributed by atoms with Crippen molar-refractivity contribution in [3.05, 3.63) is 78.8 Å². The van der Waals surface area contributed by atoms with Crippen LogP contribution in [0.5, 0.6) is 0 Å². The average molecular weight is 417 g/mol. The molecule has 7 heteroatoms. The molecule has 0 saturated carbocycles. The zero-order chi connectivity index (χ0) is 20.5. The lowest BCUT2D eigenvalue weighted by atomic mass is 10.1. The summed E-state index contributed by atoms with van der Waals surface area (Å²) in [4.78, 5) is 34.2. The van der Waals surface area contributed by atoms with Crippen LogP contribution in [-0.4, -0.2) is 28.2 Å². The van der Waals surface area contributed by atoms with E-state index in [0.29, 0.717) is 24.0 Å². The van der Waals surface area contributed by atoms with Crippen LogP contribution >= 0.6 is 11.3 Å². The van der Waals surface area contributed by atoms with Crippen LogP contribution in [0.1, 0.15) is 12.2 Å². The van der Waals surface area contributed by atoms with Crippen molar-refractivity contribution in [3.8, 4) is 0 Å². The molecule has 6 nitrogen and oxygen atoms in total. The molecule has 2 amide bonds. The standard InChI is InChI=1S/C23H19N3O3S/c27-21-13-16(14-25(21)15-18-9-6-12-29-18)22(28)26(17-7-2-1-3-8-17)23-24-19-10-4-5-11-20(19)30-23/h1-12,16H,13-15H2/t16-/m0/s1. The maximum atomic E-state index is 13.6. The van der Waals surface area contributed by atoms with Crippen molar-refractivity contribution in [1.29, 1.82) is 0 Å². The van der Waals surface area contributed by atoms with Crippen LogP contribution in [0, 0.1) is 5.92 Å². The third-order valence-electron chi connectivity index (χ3n) is 5.20. The third kappa shape index (κ3) is 3.48. The van der Waals surface area contributed by atoms with Gasteiger partial charge in [0, 0.05) is 13.0 Å². The molecule has 0 N–H and O–H groups in total. The zero-order valence-electron chi connectivity index (χ0n) is 16.1. The number of amides is 2. The van der Waals surface area contributed by atoms with Crippen LogP contribution in [-0.2, 0) is 16.1 Å². The van der Waals surface area contributed by atoms with Gasteiger partial charge in [-0.1, -0.05) is 41.7 Å². The average Bonchev–Trinajstić information content (AvgIpc) is 3.50. The van der Waals surface area contributed by atoms with E-state index in [1.807, 2.05) is 60.7 Å². The van der Waals surface area contributed by atoms with Crippen LogP contribution in [0.3, 0.4) is 0 Å². The van der Waals surface area contributed by atoms with Gasteiger partial charge in [0.15, 0.2) is 5.13 Å². The highest BCUT2D eigenvalue weighted by Crippen LogP contribution is 2.36. The largest absolute Gasteiger partial charge is 0.467 e. The Balaban J connectivity index is 1.45. The van der Waals surface area contributed by atoms with Crippen LogP contribution in [0.4, 0.5) is 10.8 Å². The van der Waals surface area contributed by atoms with E-state index in [1.165, 1.54) is 11.3 Å². The molecule has 5 rings (SSSR count). The molecule has 0 aliphatic carbocycles. The molecular weight excluding hydrogens is 398 g/mol. The lowest BCUT2D eigenvalue weighted by Crippen LogP contribution is -2.34. The summed E-state index contributed by atoms with van der Waals surface area (Å²) >= 11 is 1.47. The van der Waals surface area contributed by atoms with Gasteiger partial charge in [0.1, 0.15) is 5.76 Å². The first-order valence-electron chi connectivity index (χ1n) is 9.74. The van der Waals surface area contributed by atoms with E-state index in [4.69, 9.17) is 9.40 Å². The van der Waals surface area contributed by atoms with E-state index in [-0.39, 0.29) is 18.2 Å². The second-order valence-corrected chi connectivity index (χ2v) is 8.24.